The average molecular weight is 186 g/mol. The van der Waals surface area contributed by atoms with E-state index in [1.165, 1.54) is 22.3 Å². The van der Waals surface area contributed by atoms with Gasteiger partial charge in [0.05, 0.1) is 0 Å². The Hall–Kier alpha value is -1.30. The molecule has 0 aliphatic rings. The van der Waals surface area contributed by atoms with Crippen LogP contribution >= 0.6 is 0 Å². The van der Waals surface area contributed by atoms with Gasteiger partial charge in [-0.05, 0) is 38.3 Å². The average Bonchev–Trinajstić information content (AvgIpc) is 2.19. The monoisotopic (exact) mass is 186 g/mol. The Morgan fingerprint density at radius 2 is 1.71 bits per heavy atom. The van der Waals surface area contributed by atoms with E-state index in [1.807, 2.05) is 6.08 Å². The second-order valence-electron chi connectivity index (χ2n) is 3.90. The van der Waals surface area contributed by atoms with Crippen molar-refractivity contribution in [1.82, 2.24) is 0 Å². The maximum absolute atomic E-state index is 3.74. The minimum absolute atomic E-state index is 1.06. The van der Waals surface area contributed by atoms with Crippen molar-refractivity contribution in [3.8, 4) is 0 Å². The Balaban J connectivity index is 2.79. The van der Waals surface area contributed by atoms with Gasteiger partial charge in [0.1, 0.15) is 0 Å². The molecule has 1 aromatic carbocycles. The highest BCUT2D eigenvalue weighted by atomic mass is 14.0. The largest absolute Gasteiger partial charge is 0.0985 e. The third kappa shape index (κ3) is 2.88. The van der Waals surface area contributed by atoms with Crippen molar-refractivity contribution in [3.63, 3.8) is 0 Å². The fourth-order valence-corrected chi connectivity index (χ4v) is 1.25. The van der Waals surface area contributed by atoms with Crippen LogP contribution in [-0.2, 0) is 6.42 Å². The Morgan fingerprint density at radius 3 is 2.14 bits per heavy atom. The van der Waals surface area contributed by atoms with Gasteiger partial charge >= 0.3 is 0 Å². The lowest BCUT2D eigenvalue weighted by atomic mass is 10.0. The molecule has 74 valence electrons. The first-order valence-electron chi connectivity index (χ1n) is 4.98. The van der Waals surface area contributed by atoms with E-state index in [9.17, 15) is 0 Å². The molecule has 0 radical (unpaired) electrons. The van der Waals surface area contributed by atoms with Crippen LogP contribution in [0.3, 0.4) is 0 Å². The van der Waals surface area contributed by atoms with E-state index in [0.717, 1.165) is 6.42 Å². The van der Waals surface area contributed by atoms with E-state index in [-0.39, 0.29) is 0 Å². The Labute approximate surface area is 87.0 Å². The summed E-state index contributed by atoms with van der Waals surface area (Å²) in [7, 11) is 0. The van der Waals surface area contributed by atoms with Crippen LogP contribution < -0.4 is 0 Å². The van der Waals surface area contributed by atoms with Crippen LogP contribution in [0, 0.1) is 0 Å². The van der Waals surface area contributed by atoms with Gasteiger partial charge in [-0.25, -0.2) is 0 Å². The van der Waals surface area contributed by atoms with E-state index in [0.29, 0.717) is 0 Å². The van der Waals surface area contributed by atoms with Gasteiger partial charge < -0.3 is 0 Å². The lowest BCUT2D eigenvalue weighted by Gasteiger charge is -2.04. The van der Waals surface area contributed by atoms with Gasteiger partial charge in [0.15, 0.2) is 0 Å². The van der Waals surface area contributed by atoms with Crippen LogP contribution in [0.25, 0.3) is 6.08 Å². The Kier molecular flexibility index (Phi) is 3.70. The molecule has 0 fully saturated rings. The summed E-state index contributed by atoms with van der Waals surface area (Å²) in [6.07, 6.45) is 2.93. The topological polar surface area (TPSA) is 0 Å². The zero-order valence-electron chi connectivity index (χ0n) is 9.30. The summed E-state index contributed by atoms with van der Waals surface area (Å²) in [4.78, 5) is 0. The van der Waals surface area contributed by atoms with Gasteiger partial charge in [0.25, 0.3) is 0 Å². The van der Waals surface area contributed by atoms with E-state index in [4.69, 9.17) is 0 Å². The summed E-state index contributed by atoms with van der Waals surface area (Å²) in [5, 5.41) is 0. The van der Waals surface area contributed by atoms with Crippen LogP contribution in [0.2, 0.25) is 0 Å². The first kappa shape index (κ1) is 10.8. The summed E-state index contributed by atoms with van der Waals surface area (Å²) in [6.45, 7) is 10.3. The van der Waals surface area contributed by atoms with Crippen LogP contribution in [-0.4, -0.2) is 0 Å². The first-order valence-corrected chi connectivity index (χ1v) is 4.98. The van der Waals surface area contributed by atoms with Gasteiger partial charge in [-0.15, -0.1) is 0 Å². The fraction of sp³-hybridized carbons (Fsp3) is 0.286. The van der Waals surface area contributed by atoms with E-state index in [1.54, 1.807) is 0 Å². The lowest BCUT2D eigenvalue weighted by molar-refractivity contribution is 1.09. The van der Waals surface area contributed by atoms with Crippen molar-refractivity contribution in [2.24, 2.45) is 0 Å². The highest BCUT2D eigenvalue weighted by molar-refractivity contribution is 5.47. The molecule has 0 saturated heterocycles. The summed E-state index contributed by atoms with van der Waals surface area (Å²) in [6, 6.07) is 8.56. The zero-order valence-corrected chi connectivity index (χ0v) is 9.30. The SMILES string of the molecule is C=Cc1ccc(CC(C)=C(C)C)cc1. The molecule has 0 heteroatoms. The molecule has 0 atom stereocenters. The van der Waals surface area contributed by atoms with E-state index < -0.39 is 0 Å². The van der Waals surface area contributed by atoms with Crippen molar-refractivity contribution in [1.29, 1.82) is 0 Å². The number of allylic oxidation sites excluding steroid dienone is 2. The summed E-state index contributed by atoms with van der Waals surface area (Å²) in [5.74, 6) is 0. The van der Waals surface area contributed by atoms with Crippen molar-refractivity contribution in [2.45, 2.75) is 27.2 Å². The molecule has 14 heavy (non-hydrogen) atoms. The third-order valence-corrected chi connectivity index (χ3v) is 2.54. The highest BCUT2D eigenvalue weighted by Gasteiger charge is 1.96. The Morgan fingerprint density at radius 1 is 1.14 bits per heavy atom. The predicted molar refractivity (Wildman–Crippen MR) is 64.3 cm³/mol. The summed E-state index contributed by atoms with van der Waals surface area (Å²) >= 11 is 0. The second kappa shape index (κ2) is 4.80. The van der Waals surface area contributed by atoms with Crippen molar-refractivity contribution in [2.75, 3.05) is 0 Å². The minimum Gasteiger partial charge on any atom is -0.0985 e. The van der Waals surface area contributed by atoms with Crippen LogP contribution in [0.15, 0.2) is 42.0 Å². The second-order valence-corrected chi connectivity index (χ2v) is 3.90. The quantitative estimate of drug-likeness (QED) is 0.620. The summed E-state index contributed by atoms with van der Waals surface area (Å²) in [5.41, 5.74) is 5.42. The van der Waals surface area contributed by atoms with Crippen molar-refractivity contribution in [3.05, 3.63) is 53.1 Å². The van der Waals surface area contributed by atoms with Gasteiger partial charge in [0, 0.05) is 0 Å². The predicted octanol–water partition coefficient (Wildman–Crippen LogP) is 4.23. The van der Waals surface area contributed by atoms with E-state index >= 15 is 0 Å². The smallest absolute Gasteiger partial charge is 0.00674 e. The normalized spacial score (nSPS) is 9.64. The molecule has 0 heterocycles. The Bertz CT molecular complexity index is 335. The van der Waals surface area contributed by atoms with Crippen LogP contribution in [0.1, 0.15) is 31.9 Å². The molecule has 0 bridgehead atoms. The third-order valence-electron chi connectivity index (χ3n) is 2.54. The maximum Gasteiger partial charge on any atom is -0.00674 e. The number of hydrogen-bond acceptors (Lipinski definition) is 0. The van der Waals surface area contributed by atoms with Gasteiger partial charge in [-0.2, -0.15) is 0 Å². The number of hydrogen-bond donors (Lipinski definition) is 0. The molecule has 0 saturated carbocycles. The molecule has 0 aromatic heterocycles. The van der Waals surface area contributed by atoms with Crippen molar-refractivity contribution < 1.29 is 0 Å². The van der Waals surface area contributed by atoms with Gasteiger partial charge in [-0.1, -0.05) is 48.1 Å². The summed E-state index contributed by atoms with van der Waals surface area (Å²) < 4.78 is 0. The molecular formula is C14H18. The molecule has 1 rings (SSSR count). The molecule has 0 spiro atoms. The number of rotatable bonds is 3. The molecule has 0 unspecified atom stereocenters. The van der Waals surface area contributed by atoms with Gasteiger partial charge in [0.2, 0.25) is 0 Å². The first-order chi connectivity index (χ1) is 6.63. The molecular weight excluding hydrogens is 168 g/mol. The molecule has 0 aliphatic heterocycles. The zero-order chi connectivity index (χ0) is 10.6. The van der Waals surface area contributed by atoms with Crippen LogP contribution in [0.5, 0.6) is 0 Å². The molecule has 0 amide bonds. The molecule has 1 aromatic rings. The molecule has 0 nitrogen and oxygen atoms in total. The molecule has 0 aliphatic carbocycles. The van der Waals surface area contributed by atoms with Crippen LogP contribution in [0.4, 0.5) is 0 Å². The van der Waals surface area contributed by atoms with E-state index in [2.05, 4.69) is 51.6 Å². The molecule has 0 N–H and O–H groups in total. The van der Waals surface area contributed by atoms with Crippen molar-refractivity contribution >= 4 is 6.08 Å². The lowest BCUT2D eigenvalue weighted by Crippen LogP contribution is -1.88. The standard InChI is InChI=1S/C14H18/c1-5-13-6-8-14(9-7-13)10-12(4)11(2)3/h5-9H,1,10H2,2-4H3. The highest BCUT2D eigenvalue weighted by Crippen LogP contribution is 2.12. The minimum atomic E-state index is 1.06. The maximum atomic E-state index is 3.74. The van der Waals surface area contributed by atoms with Gasteiger partial charge in [-0.3, -0.25) is 0 Å². The number of benzene rings is 1. The fourth-order valence-electron chi connectivity index (χ4n) is 1.25.